The van der Waals surface area contributed by atoms with Crippen LogP contribution in [0.3, 0.4) is 0 Å². The van der Waals surface area contributed by atoms with Gasteiger partial charge in [0.1, 0.15) is 29.6 Å². The van der Waals surface area contributed by atoms with Crippen molar-refractivity contribution >= 4 is 40.2 Å². The zero-order valence-corrected chi connectivity index (χ0v) is 14.9. The van der Waals surface area contributed by atoms with E-state index in [9.17, 15) is 9.90 Å². The van der Waals surface area contributed by atoms with Gasteiger partial charge < -0.3 is 14.4 Å². The van der Waals surface area contributed by atoms with Crippen molar-refractivity contribution < 1.29 is 9.52 Å². The standard InChI is InChI=1S/C20H17N5O3/c26-17-13-5-1-2-6-15(13)28-20(27)14(17)7-10-25-12-23-16-18(21-11-22-19(16)25)24-8-3-4-9-24/h1-2,5-7,10-12,26H,3-4,8-9H2/b10-7+. The Bertz CT molecular complexity index is 1270. The zero-order valence-electron chi connectivity index (χ0n) is 14.9. The lowest BCUT2D eigenvalue weighted by atomic mass is 10.1. The van der Waals surface area contributed by atoms with Gasteiger partial charge in [0.25, 0.3) is 0 Å². The number of benzene rings is 1. The largest absolute Gasteiger partial charge is 0.506 e. The molecule has 1 fully saturated rings. The minimum Gasteiger partial charge on any atom is -0.506 e. The fourth-order valence-corrected chi connectivity index (χ4v) is 3.56. The summed E-state index contributed by atoms with van der Waals surface area (Å²) in [5, 5.41) is 11.0. The van der Waals surface area contributed by atoms with Crippen molar-refractivity contribution in [1.29, 1.82) is 0 Å². The van der Waals surface area contributed by atoms with Crippen molar-refractivity contribution in [2.45, 2.75) is 12.8 Å². The van der Waals surface area contributed by atoms with Crippen molar-refractivity contribution in [2.75, 3.05) is 18.0 Å². The molecule has 0 saturated carbocycles. The van der Waals surface area contributed by atoms with Gasteiger partial charge in [0.2, 0.25) is 0 Å². The third-order valence-corrected chi connectivity index (χ3v) is 4.97. The molecule has 0 amide bonds. The maximum atomic E-state index is 12.3. The molecule has 140 valence electrons. The van der Waals surface area contributed by atoms with Crippen molar-refractivity contribution in [3.05, 3.63) is 52.9 Å². The molecule has 1 aromatic carbocycles. The molecule has 0 radical (unpaired) electrons. The van der Waals surface area contributed by atoms with Crippen molar-refractivity contribution in [3.8, 4) is 5.75 Å². The second kappa shape index (κ2) is 6.49. The normalized spacial score (nSPS) is 14.6. The summed E-state index contributed by atoms with van der Waals surface area (Å²) in [4.78, 5) is 27.6. The first-order chi connectivity index (χ1) is 13.7. The zero-order chi connectivity index (χ0) is 19.1. The number of rotatable bonds is 3. The van der Waals surface area contributed by atoms with Crippen LogP contribution in [0, 0.1) is 0 Å². The van der Waals surface area contributed by atoms with Gasteiger partial charge in [-0.3, -0.25) is 4.57 Å². The number of hydrogen-bond acceptors (Lipinski definition) is 7. The molecule has 5 rings (SSSR count). The van der Waals surface area contributed by atoms with E-state index in [-0.39, 0.29) is 11.3 Å². The summed E-state index contributed by atoms with van der Waals surface area (Å²) in [6.45, 7) is 1.92. The maximum Gasteiger partial charge on any atom is 0.347 e. The number of aromatic nitrogens is 4. The topological polar surface area (TPSA) is 97.3 Å². The molecule has 8 nitrogen and oxygen atoms in total. The molecule has 0 atom stereocenters. The Morgan fingerprint density at radius 2 is 1.93 bits per heavy atom. The first-order valence-electron chi connectivity index (χ1n) is 9.08. The molecule has 1 aliphatic heterocycles. The van der Waals surface area contributed by atoms with Crippen LogP contribution in [0.15, 0.2) is 46.1 Å². The third kappa shape index (κ3) is 2.61. The summed E-state index contributed by atoms with van der Waals surface area (Å²) in [6, 6.07) is 6.86. The van der Waals surface area contributed by atoms with E-state index in [2.05, 4.69) is 19.9 Å². The highest BCUT2D eigenvalue weighted by Gasteiger charge is 2.19. The average Bonchev–Trinajstić information content (AvgIpc) is 3.38. The van der Waals surface area contributed by atoms with Gasteiger partial charge >= 0.3 is 5.63 Å². The van der Waals surface area contributed by atoms with Gasteiger partial charge in [0.15, 0.2) is 17.0 Å². The molecule has 1 aliphatic rings. The highest BCUT2D eigenvalue weighted by Crippen LogP contribution is 2.28. The van der Waals surface area contributed by atoms with Gasteiger partial charge in [-0.05, 0) is 31.1 Å². The molecule has 0 spiro atoms. The van der Waals surface area contributed by atoms with Crippen LogP contribution in [-0.4, -0.2) is 37.7 Å². The number of aromatic hydroxyl groups is 1. The summed E-state index contributed by atoms with van der Waals surface area (Å²) >= 11 is 0. The number of nitrogens with zero attached hydrogens (tertiary/aromatic N) is 5. The number of para-hydroxylation sites is 1. The third-order valence-electron chi connectivity index (χ3n) is 4.97. The first-order valence-corrected chi connectivity index (χ1v) is 9.08. The Morgan fingerprint density at radius 1 is 1.11 bits per heavy atom. The summed E-state index contributed by atoms with van der Waals surface area (Å²) in [5.41, 5.74) is 1.17. The predicted octanol–water partition coefficient (Wildman–Crippen LogP) is 2.87. The lowest BCUT2D eigenvalue weighted by Crippen LogP contribution is -2.19. The highest BCUT2D eigenvalue weighted by atomic mass is 16.4. The van der Waals surface area contributed by atoms with E-state index < -0.39 is 5.63 Å². The van der Waals surface area contributed by atoms with E-state index in [0.717, 1.165) is 31.7 Å². The minimum atomic E-state index is -0.607. The quantitative estimate of drug-likeness (QED) is 0.550. The molecule has 0 bridgehead atoms. The summed E-state index contributed by atoms with van der Waals surface area (Å²) in [5.74, 6) is 0.711. The maximum absolute atomic E-state index is 12.3. The van der Waals surface area contributed by atoms with Crippen LogP contribution in [0.2, 0.25) is 0 Å². The minimum absolute atomic E-state index is 0.0781. The van der Waals surface area contributed by atoms with E-state index in [1.165, 1.54) is 12.4 Å². The van der Waals surface area contributed by atoms with E-state index in [4.69, 9.17) is 4.42 Å². The highest BCUT2D eigenvalue weighted by molar-refractivity contribution is 5.88. The number of anilines is 1. The van der Waals surface area contributed by atoms with Crippen LogP contribution < -0.4 is 10.5 Å². The van der Waals surface area contributed by atoms with Gasteiger partial charge in [0, 0.05) is 19.3 Å². The monoisotopic (exact) mass is 375 g/mol. The Balaban J connectivity index is 1.57. The molecule has 28 heavy (non-hydrogen) atoms. The molecule has 8 heteroatoms. The van der Waals surface area contributed by atoms with Crippen molar-refractivity contribution in [3.63, 3.8) is 0 Å². The van der Waals surface area contributed by atoms with Crippen LogP contribution in [0.5, 0.6) is 5.75 Å². The van der Waals surface area contributed by atoms with E-state index in [1.807, 2.05) is 0 Å². The molecule has 3 aromatic heterocycles. The smallest absolute Gasteiger partial charge is 0.347 e. The Kier molecular flexibility index (Phi) is 3.82. The van der Waals surface area contributed by atoms with Crippen molar-refractivity contribution in [1.82, 2.24) is 19.5 Å². The summed E-state index contributed by atoms with van der Waals surface area (Å²) < 4.78 is 6.99. The van der Waals surface area contributed by atoms with Gasteiger partial charge in [0.05, 0.1) is 5.39 Å². The van der Waals surface area contributed by atoms with Gasteiger partial charge in [-0.15, -0.1) is 0 Å². The number of hydrogen-bond donors (Lipinski definition) is 1. The average molecular weight is 375 g/mol. The van der Waals surface area contributed by atoms with Crippen LogP contribution in [0.1, 0.15) is 18.4 Å². The van der Waals surface area contributed by atoms with Crippen molar-refractivity contribution in [2.24, 2.45) is 0 Å². The predicted molar refractivity (Wildman–Crippen MR) is 106 cm³/mol. The SMILES string of the molecule is O=c1oc2ccccc2c(O)c1/C=C/n1cnc2c(N3CCCC3)ncnc21. The summed E-state index contributed by atoms with van der Waals surface area (Å²) in [6.07, 6.45) is 8.56. The van der Waals surface area contributed by atoms with Gasteiger partial charge in [-0.25, -0.2) is 19.7 Å². The van der Waals surface area contributed by atoms with Crippen LogP contribution in [0.4, 0.5) is 5.82 Å². The fraction of sp³-hybridized carbons (Fsp3) is 0.200. The molecule has 1 N–H and O–H groups in total. The number of imidazole rings is 1. The Labute approximate surface area is 159 Å². The van der Waals surface area contributed by atoms with Gasteiger partial charge in [-0.1, -0.05) is 12.1 Å². The first kappa shape index (κ1) is 16.5. The fourth-order valence-electron chi connectivity index (χ4n) is 3.56. The molecular weight excluding hydrogens is 358 g/mol. The summed E-state index contributed by atoms with van der Waals surface area (Å²) in [7, 11) is 0. The van der Waals surface area contributed by atoms with Gasteiger partial charge in [-0.2, -0.15) is 0 Å². The second-order valence-corrected chi connectivity index (χ2v) is 6.68. The molecule has 1 saturated heterocycles. The molecule has 0 aliphatic carbocycles. The molecule has 4 heterocycles. The lowest BCUT2D eigenvalue weighted by Gasteiger charge is -2.15. The van der Waals surface area contributed by atoms with Crippen LogP contribution in [-0.2, 0) is 0 Å². The second-order valence-electron chi connectivity index (χ2n) is 6.68. The molecule has 0 unspecified atom stereocenters. The van der Waals surface area contributed by atoms with Crippen LogP contribution >= 0.6 is 0 Å². The van der Waals surface area contributed by atoms with Crippen LogP contribution in [0.25, 0.3) is 34.4 Å². The van der Waals surface area contributed by atoms with E-state index in [1.54, 1.807) is 41.4 Å². The molecular formula is C20H17N5O3. The number of fused-ring (bicyclic) bond motifs is 2. The lowest BCUT2D eigenvalue weighted by molar-refractivity contribution is 0.466. The Morgan fingerprint density at radius 3 is 2.79 bits per heavy atom. The van der Waals surface area contributed by atoms with E-state index >= 15 is 0 Å². The molecule has 4 aromatic rings. The Hall–Kier alpha value is -3.68. The van der Waals surface area contributed by atoms with E-state index in [0.29, 0.717) is 22.1 Å².